The minimum absolute atomic E-state index is 0.0163. The topological polar surface area (TPSA) is 42.0 Å². The van der Waals surface area contributed by atoms with Gasteiger partial charge in [-0.3, -0.25) is 4.79 Å². The van der Waals surface area contributed by atoms with Crippen molar-refractivity contribution in [1.29, 1.82) is 0 Å². The number of nitrogens with one attached hydrogen (secondary N) is 1. The van der Waals surface area contributed by atoms with Gasteiger partial charge in [0.05, 0.1) is 5.92 Å². The molecule has 2 aromatic carbocycles. The number of benzene rings is 2. The Morgan fingerprint density at radius 1 is 1.20 bits per heavy atom. The Bertz CT molecular complexity index is 848. The molecule has 0 saturated heterocycles. The quantitative estimate of drug-likeness (QED) is 0.620. The number of rotatable bonds is 6. The van der Waals surface area contributed by atoms with Gasteiger partial charge in [0.2, 0.25) is 5.91 Å². The Morgan fingerprint density at radius 3 is 2.72 bits per heavy atom. The van der Waals surface area contributed by atoms with E-state index in [4.69, 9.17) is 11.6 Å². The van der Waals surface area contributed by atoms with Crippen molar-refractivity contribution in [2.45, 2.75) is 25.7 Å². The summed E-state index contributed by atoms with van der Waals surface area (Å²) in [4.78, 5) is 18.0. The van der Waals surface area contributed by atoms with Crippen LogP contribution in [-0.2, 0) is 11.2 Å². The number of halogens is 1. The van der Waals surface area contributed by atoms with Crippen LogP contribution in [0.2, 0.25) is 5.02 Å². The summed E-state index contributed by atoms with van der Waals surface area (Å²) in [6.45, 7) is 2.02. The summed E-state index contributed by atoms with van der Waals surface area (Å²) in [5.74, 6) is -0.182. The third kappa shape index (κ3) is 4.68. The summed E-state index contributed by atoms with van der Waals surface area (Å²) in [5, 5.41) is 4.31. The van der Waals surface area contributed by atoms with E-state index in [0.29, 0.717) is 5.13 Å². The highest BCUT2D eigenvalue weighted by Gasteiger charge is 2.19. The first-order valence-electron chi connectivity index (χ1n) is 8.20. The molecule has 1 amide bonds. The van der Waals surface area contributed by atoms with Gasteiger partial charge in [0, 0.05) is 22.5 Å². The number of anilines is 1. The number of aromatic nitrogens is 1. The lowest BCUT2D eigenvalue weighted by Gasteiger charge is -2.14. The van der Waals surface area contributed by atoms with E-state index in [1.54, 1.807) is 0 Å². The van der Waals surface area contributed by atoms with Crippen LogP contribution in [0, 0.1) is 0 Å². The van der Waals surface area contributed by atoms with Gasteiger partial charge in [-0.15, -0.1) is 11.3 Å². The van der Waals surface area contributed by atoms with Gasteiger partial charge in [0.1, 0.15) is 0 Å². The van der Waals surface area contributed by atoms with Crippen LogP contribution in [0.5, 0.6) is 0 Å². The molecule has 1 heterocycles. The molecule has 128 valence electrons. The van der Waals surface area contributed by atoms with Crippen LogP contribution in [0.25, 0.3) is 0 Å². The summed E-state index contributed by atoms with van der Waals surface area (Å²) in [6, 6.07) is 17.6. The zero-order chi connectivity index (χ0) is 17.6. The van der Waals surface area contributed by atoms with E-state index in [1.165, 1.54) is 11.3 Å². The second-order valence-electron chi connectivity index (χ2n) is 5.80. The molecule has 0 aliphatic carbocycles. The Hall–Kier alpha value is -2.17. The number of nitrogens with zero attached hydrogens (tertiary/aromatic N) is 1. The van der Waals surface area contributed by atoms with Crippen LogP contribution in [-0.4, -0.2) is 10.9 Å². The first-order valence-corrected chi connectivity index (χ1v) is 9.40. The summed E-state index contributed by atoms with van der Waals surface area (Å²) >= 11 is 7.52. The molecular formula is C20H19ClN2OS. The first-order chi connectivity index (χ1) is 12.2. The van der Waals surface area contributed by atoms with Crippen LogP contribution in [0.1, 0.15) is 35.3 Å². The molecule has 0 spiro atoms. The largest absolute Gasteiger partial charge is 0.301 e. The van der Waals surface area contributed by atoms with Crippen molar-refractivity contribution < 1.29 is 4.79 Å². The molecule has 3 nitrogen and oxygen atoms in total. The van der Waals surface area contributed by atoms with E-state index in [1.807, 2.05) is 67.7 Å². The SMILES string of the molecule is CCC(C(=O)Nc1ncc(Cc2cccc(Cl)c2)s1)c1ccccc1. The van der Waals surface area contributed by atoms with Gasteiger partial charge in [-0.2, -0.15) is 0 Å². The molecule has 1 aromatic heterocycles. The zero-order valence-electron chi connectivity index (χ0n) is 13.9. The Balaban J connectivity index is 1.67. The highest BCUT2D eigenvalue weighted by atomic mass is 35.5. The second-order valence-corrected chi connectivity index (χ2v) is 7.35. The van der Waals surface area contributed by atoms with Crippen molar-refractivity contribution in [2.24, 2.45) is 0 Å². The summed E-state index contributed by atoms with van der Waals surface area (Å²) in [6.07, 6.45) is 3.31. The lowest BCUT2D eigenvalue weighted by atomic mass is 9.96. The van der Waals surface area contributed by atoms with Crippen molar-refractivity contribution in [3.8, 4) is 0 Å². The number of thiazole rings is 1. The summed E-state index contributed by atoms with van der Waals surface area (Å²) in [7, 11) is 0. The summed E-state index contributed by atoms with van der Waals surface area (Å²) < 4.78 is 0. The van der Waals surface area contributed by atoms with E-state index in [2.05, 4.69) is 10.3 Å². The molecule has 1 atom stereocenters. The van der Waals surface area contributed by atoms with Crippen LogP contribution < -0.4 is 5.32 Å². The minimum atomic E-state index is -0.165. The van der Waals surface area contributed by atoms with Gasteiger partial charge in [0.15, 0.2) is 5.13 Å². The lowest BCUT2D eigenvalue weighted by molar-refractivity contribution is -0.117. The van der Waals surface area contributed by atoms with Crippen LogP contribution in [0.4, 0.5) is 5.13 Å². The fraction of sp³-hybridized carbons (Fsp3) is 0.200. The Morgan fingerprint density at radius 2 is 2.00 bits per heavy atom. The average Bonchev–Trinajstić information content (AvgIpc) is 3.03. The van der Waals surface area contributed by atoms with E-state index >= 15 is 0 Å². The monoisotopic (exact) mass is 370 g/mol. The van der Waals surface area contributed by atoms with Gasteiger partial charge >= 0.3 is 0 Å². The minimum Gasteiger partial charge on any atom is -0.301 e. The third-order valence-corrected chi connectivity index (χ3v) is 5.13. The molecule has 0 saturated carbocycles. The molecule has 3 aromatic rings. The average molecular weight is 371 g/mol. The van der Waals surface area contributed by atoms with Crippen molar-refractivity contribution >= 4 is 34.0 Å². The molecule has 0 aliphatic heterocycles. The smallest absolute Gasteiger partial charge is 0.233 e. The molecule has 1 N–H and O–H groups in total. The fourth-order valence-electron chi connectivity index (χ4n) is 2.75. The summed E-state index contributed by atoms with van der Waals surface area (Å²) in [5.41, 5.74) is 2.16. The van der Waals surface area contributed by atoms with Gasteiger partial charge in [-0.1, -0.05) is 61.0 Å². The molecular weight excluding hydrogens is 352 g/mol. The van der Waals surface area contributed by atoms with Crippen molar-refractivity contribution in [3.63, 3.8) is 0 Å². The first kappa shape index (κ1) is 17.6. The number of hydrogen-bond donors (Lipinski definition) is 1. The highest BCUT2D eigenvalue weighted by Crippen LogP contribution is 2.25. The van der Waals surface area contributed by atoms with Gasteiger partial charge in [0.25, 0.3) is 0 Å². The van der Waals surface area contributed by atoms with Gasteiger partial charge in [-0.25, -0.2) is 4.98 Å². The van der Waals surface area contributed by atoms with Crippen LogP contribution in [0.3, 0.4) is 0 Å². The number of hydrogen-bond acceptors (Lipinski definition) is 3. The molecule has 1 unspecified atom stereocenters. The molecule has 0 aliphatic rings. The van der Waals surface area contributed by atoms with Crippen molar-refractivity contribution in [2.75, 3.05) is 5.32 Å². The van der Waals surface area contributed by atoms with Gasteiger partial charge in [-0.05, 0) is 29.7 Å². The normalized spacial score (nSPS) is 11.9. The second kappa shape index (κ2) is 8.28. The maximum absolute atomic E-state index is 12.6. The molecule has 25 heavy (non-hydrogen) atoms. The lowest BCUT2D eigenvalue weighted by Crippen LogP contribution is -2.20. The number of carbonyl (C=O) groups is 1. The Labute approximate surface area is 156 Å². The molecule has 3 rings (SSSR count). The van der Waals surface area contributed by atoms with E-state index in [9.17, 15) is 4.79 Å². The van der Waals surface area contributed by atoms with Crippen LogP contribution in [0.15, 0.2) is 60.8 Å². The van der Waals surface area contributed by atoms with E-state index in [-0.39, 0.29) is 11.8 Å². The predicted octanol–water partition coefficient (Wildman–Crippen LogP) is 5.52. The van der Waals surface area contributed by atoms with Crippen LogP contribution >= 0.6 is 22.9 Å². The molecule has 0 fully saturated rings. The Kier molecular flexibility index (Phi) is 5.84. The predicted molar refractivity (Wildman–Crippen MR) is 104 cm³/mol. The number of carbonyl (C=O) groups excluding carboxylic acids is 1. The van der Waals surface area contributed by atoms with Gasteiger partial charge < -0.3 is 5.32 Å². The fourth-order valence-corrected chi connectivity index (χ4v) is 3.81. The maximum atomic E-state index is 12.6. The molecule has 0 radical (unpaired) electrons. The maximum Gasteiger partial charge on any atom is 0.233 e. The zero-order valence-corrected chi connectivity index (χ0v) is 15.5. The van der Waals surface area contributed by atoms with Crippen molar-refractivity contribution in [1.82, 2.24) is 4.98 Å². The molecule has 0 bridgehead atoms. The number of amides is 1. The highest BCUT2D eigenvalue weighted by molar-refractivity contribution is 7.15. The third-order valence-electron chi connectivity index (χ3n) is 3.98. The molecule has 5 heteroatoms. The standard InChI is InChI=1S/C20H19ClN2OS/c1-2-18(15-8-4-3-5-9-15)19(24)23-20-22-13-17(25-20)12-14-7-6-10-16(21)11-14/h3-11,13,18H,2,12H2,1H3,(H,22,23,24). The van der Waals surface area contributed by atoms with E-state index in [0.717, 1.165) is 33.9 Å². The van der Waals surface area contributed by atoms with Crippen molar-refractivity contribution in [3.05, 3.63) is 81.8 Å². The van der Waals surface area contributed by atoms with E-state index < -0.39 is 0 Å².